The van der Waals surface area contributed by atoms with E-state index >= 15 is 0 Å². The van der Waals surface area contributed by atoms with Crippen molar-refractivity contribution >= 4 is 5.91 Å². The SMILES string of the molecule is CC1COC(CO)CN1C(=O)c1cc(C2CC2)n(C(C)(C)C)n1. The predicted molar refractivity (Wildman–Crippen MR) is 86.5 cm³/mol. The summed E-state index contributed by atoms with van der Waals surface area (Å²) in [5, 5.41) is 13.9. The summed E-state index contributed by atoms with van der Waals surface area (Å²) in [5.74, 6) is 0.472. The van der Waals surface area contributed by atoms with E-state index in [2.05, 4.69) is 25.9 Å². The topological polar surface area (TPSA) is 67.6 Å². The molecule has 0 spiro atoms. The monoisotopic (exact) mass is 321 g/mol. The lowest BCUT2D eigenvalue weighted by Crippen LogP contribution is -2.52. The molecule has 0 aromatic carbocycles. The molecule has 6 nitrogen and oxygen atoms in total. The van der Waals surface area contributed by atoms with Gasteiger partial charge in [-0.2, -0.15) is 5.10 Å². The van der Waals surface area contributed by atoms with Crippen molar-refractivity contribution in [2.45, 2.75) is 64.1 Å². The fourth-order valence-electron chi connectivity index (χ4n) is 3.07. The molecule has 1 saturated heterocycles. The molecule has 0 radical (unpaired) electrons. The first-order valence-electron chi connectivity index (χ1n) is 8.45. The van der Waals surface area contributed by atoms with E-state index in [4.69, 9.17) is 4.74 Å². The van der Waals surface area contributed by atoms with Gasteiger partial charge in [-0.1, -0.05) is 0 Å². The van der Waals surface area contributed by atoms with Gasteiger partial charge < -0.3 is 14.7 Å². The Morgan fingerprint density at radius 2 is 2.13 bits per heavy atom. The first-order valence-corrected chi connectivity index (χ1v) is 8.45. The van der Waals surface area contributed by atoms with E-state index in [1.54, 1.807) is 4.90 Å². The number of carbonyl (C=O) groups is 1. The van der Waals surface area contributed by atoms with Crippen LogP contribution in [0.4, 0.5) is 0 Å². The van der Waals surface area contributed by atoms with Crippen LogP contribution in [0.15, 0.2) is 6.07 Å². The predicted octanol–water partition coefficient (Wildman–Crippen LogP) is 1.74. The van der Waals surface area contributed by atoms with Crippen molar-refractivity contribution < 1.29 is 14.6 Å². The summed E-state index contributed by atoms with van der Waals surface area (Å²) in [7, 11) is 0. The highest BCUT2D eigenvalue weighted by molar-refractivity contribution is 5.92. The number of rotatable bonds is 3. The van der Waals surface area contributed by atoms with Gasteiger partial charge in [-0.3, -0.25) is 9.48 Å². The Hall–Kier alpha value is -1.40. The number of hydrogen-bond donors (Lipinski definition) is 1. The second-order valence-electron chi connectivity index (χ2n) is 7.76. The zero-order valence-corrected chi connectivity index (χ0v) is 14.5. The Kier molecular flexibility index (Phi) is 4.23. The van der Waals surface area contributed by atoms with Gasteiger partial charge in [0, 0.05) is 18.2 Å². The van der Waals surface area contributed by atoms with Crippen LogP contribution in [0.5, 0.6) is 0 Å². The minimum absolute atomic E-state index is 0.00513. The van der Waals surface area contributed by atoms with Gasteiger partial charge in [0.25, 0.3) is 5.91 Å². The standard InChI is InChI=1S/C17H27N3O3/c1-11-10-23-13(9-21)8-19(11)16(22)14-7-15(12-5-6-12)20(18-14)17(2,3)4/h7,11-13,21H,5-6,8-10H2,1-4H3. The fourth-order valence-corrected chi connectivity index (χ4v) is 3.07. The van der Waals surface area contributed by atoms with Crippen LogP contribution >= 0.6 is 0 Å². The molecule has 1 aromatic rings. The molecular weight excluding hydrogens is 294 g/mol. The van der Waals surface area contributed by atoms with Crippen molar-refractivity contribution in [2.24, 2.45) is 0 Å². The maximum Gasteiger partial charge on any atom is 0.274 e. The van der Waals surface area contributed by atoms with Gasteiger partial charge in [-0.25, -0.2) is 0 Å². The molecule has 6 heteroatoms. The number of hydrogen-bond acceptors (Lipinski definition) is 4. The van der Waals surface area contributed by atoms with Crippen molar-refractivity contribution in [3.8, 4) is 0 Å². The quantitative estimate of drug-likeness (QED) is 0.921. The molecule has 128 valence electrons. The number of aliphatic hydroxyl groups excluding tert-OH is 1. The third-order valence-corrected chi connectivity index (χ3v) is 4.56. The van der Waals surface area contributed by atoms with Gasteiger partial charge in [0.1, 0.15) is 0 Å². The van der Waals surface area contributed by atoms with E-state index < -0.39 is 0 Å². The van der Waals surface area contributed by atoms with Crippen LogP contribution in [0.3, 0.4) is 0 Å². The molecule has 2 heterocycles. The molecule has 2 fully saturated rings. The zero-order valence-electron chi connectivity index (χ0n) is 14.5. The van der Waals surface area contributed by atoms with Crippen LogP contribution in [0, 0.1) is 0 Å². The third-order valence-electron chi connectivity index (χ3n) is 4.56. The first kappa shape index (κ1) is 16.5. The molecule has 3 rings (SSSR count). The molecule has 1 aromatic heterocycles. The third kappa shape index (κ3) is 3.28. The highest BCUT2D eigenvalue weighted by Crippen LogP contribution is 2.41. The maximum atomic E-state index is 12.9. The fraction of sp³-hybridized carbons (Fsp3) is 0.765. The van der Waals surface area contributed by atoms with Crippen LogP contribution in [-0.2, 0) is 10.3 Å². The number of nitrogens with zero attached hydrogens (tertiary/aromatic N) is 3. The van der Waals surface area contributed by atoms with Crippen molar-refractivity contribution in [1.29, 1.82) is 0 Å². The Morgan fingerprint density at radius 1 is 1.43 bits per heavy atom. The Labute approximate surface area is 137 Å². The van der Waals surface area contributed by atoms with Crippen molar-refractivity contribution in [3.05, 3.63) is 17.5 Å². The van der Waals surface area contributed by atoms with E-state index in [9.17, 15) is 9.90 Å². The summed E-state index contributed by atoms with van der Waals surface area (Å²) in [5.41, 5.74) is 1.54. The summed E-state index contributed by atoms with van der Waals surface area (Å²) < 4.78 is 7.52. The van der Waals surface area contributed by atoms with Crippen LogP contribution < -0.4 is 0 Å². The Morgan fingerprint density at radius 3 is 2.70 bits per heavy atom. The number of ether oxygens (including phenoxy) is 1. The smallest absolute Gasteiger partial charge is 0.274 e. The second-order valence-corrected chi connectivity index (χ2v) is 7.76. The van der Waals surface area contributed by atoms with Crippen LogP contribution in [0.25, 0.3) is 0 Å². The van der Waals surface area contributed by atoms with Crippen LogP contribution in [0.1, 0.15) is 62.6 Å². The average molecular weight is 321 g/mol. The van der Waals surface area contributed by atoms with Gasteiger partial charge >= 0.3 is 0 Å². The highest BCUT2D eigenvalue weighted by atomic mass is 16.5. The van der Waals surface area contributed by atoms with E-state index in [0.717, 1.165) is 0 Å². The average Bonchev–Trinajstić information content (AvgIpc) is 3.24. The molecular formula is C17H27N3O3. The number of aliphatic hydroxyl groups is 1. The van der Waals surface area contributed by atoms with Gasteiger partial charge in [-0.15, -0.1) is 0 Å². The number of aromatic nitrogens is 2. The normalized spacial score (nSPS) is 25.7. The van der Waals surface area contributed by atoms with Crippen molar-refractivity contribution in [2.75, 3.05) is 19.8 Å². The molecule has 23 heavy (non-hydrogen) atoms. The summed E-state index contributed by atoms with van der Waals surface area (Å²) in [4.78, 5) is 14.7. The molecule has 1 saturated carbocycles. The molecule has 0 bridgehead atoms. The van der Waals surface area contributed by atoms with Gasteiger partial charge in [-0.05, 0) is 46.6 Å². The Bertz CT molecular complexity index is 586. The van der Waals surface area contributed by atoms with Crippen LogP contribution in [-0.4, -0.2) is 57.6 Å². The van der Waals surface area contributed by atoms with Gasteiger partial charge in [0.2, 0.25) is 0 Å². The molecule has 2 aliphatic rings. The van der Waals surface area contributed by atoms with E-state index in [1.165, 1.54) is 18.5 Å². The lowest BCUT2D eigenvalue weighted by molar-refractivity contribution is -0.0669. The van der Waals surface area contributed by atoms with Crippen molar-refractivity contribution in [3.63, 3.8) is 0 Å². The summed E-state index contributed by atoms with van der Waals surface area (Å²) >= 11 is 0. The molecule has 1 aliphatic heterocycles. The minimum atomic E-state index is -0.303. The lowest BCUT2D eigenvalue weighted by Gasteiger charge is -2.37. The van der Waals surface area contributed by atoms with Gasteiger partial charge in [0.05, 0.1) is 30.9 Å². The Balaban J connectivity index is 1.87. The molecule has 2 unspecified atom stereocenters. The van der Waals surface area contributed by atoms with E-state index in [-0.39, 0.29) is 30.2 Å². The maximum absolute atomic E-state index is 12.9. The zero-order chi connectivity index (χ0) is 16.8. The number of amides is 1. The summed E-state index contributed by atoms with van der Waals surface area (Å²) in [6.45, 7) is 9.09. The minimum Gasteiger partial charge on any atom is -0.394 e. The number of morpholine rings is 1. The second kappa shape index (κ2) is 5.91. The molecule has 1 amide bonds. The molecule has 2 atom stereocenters. The summed E-state index contributed by atoms with van der Waals surface area (Å²) in [6.07, 6.45) is 2.05. The first-order chi connectivity index (χ1) is 10.8. The largest absolute Gasteiger partial charge is 0.394 e. The number of carbonyl (C=O) groups excluding carboxylic acids is 1. The molecule has 1 N–H and O–H groups in total. The lowest BCUT2D eigenvalue weighted by atomic mass is 10.1. The van der Waals surface area contributed by atoms with E-state index in [1.807, 2.05) is 17.7 Å². The highest BCUT2D eigenvalue weighted by Gasteiger charge is 2.35. The molecule has 1 aliphatic carbocycles. The van der Waals surface area contributed by atoms with E-state index in [0.29, 0.717) is 24.8 Å². The van der Waals surface area contributed by atoms with Gasteiger partial charge in [0.15, 0.2) is 5.69 Å². The van der Waals surface area contributed by atoms with Crippen LogP contribution in [0.2, 0.25) is 0 Å². The summed E-state index contributed by atoms with van der Waals surface area (Å²) in [6, 6.07) is 1.95. The van der Waals surface area contributed by atoms with Crippen molar-refractivity contribution in [1.82, 2.24) is 14.7 Å².